The van der Waals surface area contributed by atoms with E-state index < -0.39 is 23.8 Å². The number of carbonyl (C=O) groups is 2. The highest BCUT2D eigenvalue weighted by Crippen LogP contribution is 2.31. The Balaban J connectivity index is 1.66. The van der Waals surface area contributed by atoms with Gasteiger partial charge in [0, 0.05) is 16.0 Å². The minimum Gasteiger partial charge on any atom is -0.272 e. The van der Waals surface area contributed by atoms with Gasteiger partial charge in [0.1, 0.15) is 5.03 Å². The number of rotatable bonds is 4. The molecule has 1 heterocycles. The fourth-order valence-corrected chi connectivity index (χ4v) is 3.20. The summed E-state index contributed by atoms with van der Waals surface area (Å²) in [5.41, 5.74) is 4.82. The minimum absolute atomic E-state index is 0.0158. The van der Waals surface area contributed by atoms with Crippen LogP contribution in [0.3, 0.4) is 0 Å². The SMILES string of the molecule is O=C(CSc1nc(C(F)(F)F)nc2ccccc12)NNC(=O)c1ccc(Cl)cc1. The number of nitrogens with one attached hydrogen (secondary N) is 2. The van der Waals surface area contributed by atoms with Gasteiger partial charge in [0.2, 0.25) is 11.7 Å². The number of amides is 2. The van der Waals surface area contributed by atoms with Crippen LogP contribution >= 0.6 is 23.4 Å². The van der Waals surface area contributed by atoms with Gasteiger partial charge in [-0.25, -0.2) is 9.97 Å². The van der Waals surface area contributed by atoms with E-state index in [0.717, 1.165) is 11.8 Å². The van der Waals surface area contributed by atoms with E-state index in [1.807, 2.05) is 0 Å². The zero-order valence-electron chi connectivity index (χ0n) is 14.5. The van der Waals surface area contributed by atoms with E-state index in [0.29, 0.717) is 10.4 Å². The molecule has 0 saturated heterocycles. The Labute approximate surface area is 171 Å². The van der Waals surface area contributed by atoms with Gasteiger partial charge in [-0.2, -0.15) is 13.2 Å². The molecule has 11 heteroatoms. The molecule has 0 aliphatic carbocycles. The molecule has 1 aromatic heterocycles. The van der Waals surface area contributed by atoms with E-state index in [9.17, 15) is 22.8 Å². The Morgan fingerprint density at radius 3 is 2.38 bits per heavy atom. The molecule has 0 spiro atoms. The first-order chi connectivity index (χ1) is 13.7. The lowest BCUT2D eigenvalue weighted by molar-refractivity contribution is -0.145. The molecule has 0 fully saturated rings. The average molecular weight is 441 g/mol. The maximum Gasteiger partial charge on any atom is 0.451 e. The third-order valence-electron chi connectivity index (χ3n) is 3.58. The molecule has 0 aliphatic rings. The van der Waals surface area contributed by atoms with Crippen LogP contribution in [0.4, 0.5) is 13.2 Å². The van der Waals surface area contributed by atoms with E-state index in [1.165, 1.54) is 30.3 Å². The number of carbonyl (C=O) groups excluding carboxylic acids is 2. The highest BCUT2D eigenvalue weighted by molar-refractivity contribution is 8.00. The van der Waals surface area contributed by atoms with Crippen LogP contribution in [0.25, 0.3) is 10.9 Å². The van der Waals surface area contributed by atoms with Crippen molar-refractivity contribution >= 4 is 46.1 Å². The monoisotopic (exact) mass is 440 g/mol. The zero-order valence-corrected chi connectivity index (χ0v) is 16.0. The van der Waals surface area contributed by atoms with Gasteiger partial charge in [-0.15, -0.1) is 0 Å². The van der Waals surface area contributed by atoms with Gasteiger partial charge >= 0.3 is 6.18 Å². The number of alkyl halides is 3. The number of thioether (sulfide) groups is 1. The molecule has 0 atom stereocenters. The lowest BCUT2D eigenvalue weighted by Gasteiger charge is -2.11. The number of hydrazine groups is 1. The van der Waals surface area contributed by atoms with Crippen LogP contribution in [0, 0.1) is 0 Å². The molecule has 0 unspecified atom stereocenters. The van der Waals surface area contributed by atoms with Crippen LogP contribution < -0.4 is 10.9 Å². The number of hydrogen-bond acceptors (Lipinski definition) is 5. The highest BCUT2D eigenvalue weighted by Gasteiger charge is 2.35. The van der Waals surface area contributed by atoms with Gasteiger partial charge in [-0.05, 0) is 30.3 Å². The van der Waals surface area contributed by atoms with Gasteiger partial charge in [-0.1, -0.05) is 41.6 Å². The molecule has 0 saturated carbocycles. The van der Waals surface area contributed by atoms with E-state index >= 15 is 0 Å². The normalized spacial score (nSPS) is 11.3. The Kier molecular flexibility index (Phi) is 6.23. The third-order valence-corrected chi connectivity index (χ3v) is 4.83. The number of aromatic nitrogens is 2. The molecule has 3 rings (SSSR count). The molecule has 29 heavy (non-hydrogen) atoms. The van der Waals surface area contributed by atoms with Crippen molar-refractivity contribution in [1.82, 2.24) is 20.8 Å². The molecule has 2 aromatic carbocycles. The van der Waals surface area contributed by atoms with Gasteiger partial charge < -0.3 is 0 Å². The van der Waals surface area contributed by atoms with Crippen LogP contribution in [0.1, 0.15) is 16.2 Å². The fraction of sp³-hybridized carbons (Fsp3) is 0.111. The first-order valence-electron chi connectivity index (χ1n) is 8.05. The van der Waals surface area contributed by atoms with Crippen molar-refractivity contribution in [3.8, 4) is 0 Å². The molecule has 2 N–H and O–H groups in total. The van der Waals surface area contributed by atoms with Crippen LogP contribution in [0.5, 0.6) is 0 Å². The second-order valence-electron chi connectivity index (χ2n) is 5.67. The maximum atomic E-state index is 13.0. The summed E-state index contributed by atoms with van der Waals surface area (Å²) in [4.78, 5) is 31.0. The molecule has 0 aliphatic heterocycles. The molecule has 0 radical (unpaired) electrons. The molecular formula is C18H12ClF3N4O2S. The van der Waals surface area contributed by atoms with E-state index in [-0.39, 0.29) is 21.9 Å². The maximum absolute atomic E-state index is 13.0. The third kappa shape index (κ3) is 5.36. The molecular weight excluding hydrogens is 429 g/mol. The first-order valence-corrected chi connectivity index (χ1v) is 9.42. The molecule has 0 bridgehead atoms. The standard InChI is InChI=1S/C18H12ClF3N4O2S/c19-11-7-5-10(6-8-11)15(28)26-25-14(27)9-29-16-12-3-1-2-4-13(12)23-17(24-16)18(20,21)22/h1-8H,9H2,(H,25,27)(H,26,28). The van der Waals surface area contributed by atoms with E-state index in [1.54, 1.807) is 18.2 Å². The van der Waals surface area contributed by atoms with Crippen molar-refractivity contribution in [2.24, 2.45) is 0 Å². The van der Waals surface area contributed by atoms with Crippen LogP contribution in [-0.2, 0) is 11.0 Å². The van der Waals surface area contributed by atoms with Gasteiger partial charge in [0.15, 0.2) is 0 Å². The number of benzene rings is 2. The lowest BCUT2D eigenvalue weighted by Crippen LogP contribution is -2.42. The summed E-state index contributed by atoms with van der Waals surface area (Å²) in [6, 6.07) is 12.2. The smallest absolute Gasteiger partial charge is 0.272 e. The van der Waals surface area contributed by atoms with Crippen molar-refractivity contribution in [2.45, 2.75) is 11.2 Å². The largest absolute Gasteiger partial charge is 0.451 e. The van der Waals surface area contributed by atoms with Gasteiger partial charge in [-0.3, -0.25) is 20.4 Å². The van der Waals surface area contributed by atoms with Crippen molar-refractivity contribution in [2.75, 3.05) is 5.75 Å². The quantitative estimate of drug-likeness (QED) is 0.366. The summed E-state index contributed by atoms with van der Waals surface area (Å²) >= 11 is 6.54. The Hall–Kier alpha value is -2.85. The second kappa shape index (κ2) is 8.66. The number of fused-ring (bicyclic) bond motifs is 1. The van der Waals surface area contributed by atoms with Gasteiger partial charge in [0.05, 0.1) is 11.3 Å². The van der Waals surface area contributed by atoms with Crippen LogP contribution in [-0.4, -0.2) is 27.5 Å². The van der Waals surface area contributed by atoms with Crippen LogP contribution in [0.2, 0.25) is 5.02 Å². The number of hydrogen-bond donors (Lipinski definition) is 2. The topological polar surface area (TPSA) is 84.0 Å². The van der Waals surface area contributed by atoms with Crippen molar-refractivity contribution in [1.29, 1.82) is 0 Å². The molecule has 6 nitrogen and oxygen atoms in total. The molecule has 3 aromatic rings. The average Bonchev–Trinajstić information content (AvgIpc) is 2.69. The van der Waals surface area contributed by atoms with Crippen molar-refractivity contribution in [3.05, 3.63) is 64.9 Å². The van der Waals surface area contributed by atoms with Crippen LogP contribution in [0.15, 0.2) is 53.6 Å². The van der Waals surface area contributed by atoms with Gasteiger partial charge in [0.25, 0.3) is 5.91 Å². The highest BCUT2D eigenvalue weighted by atomic mass is 35.5. The number of nitrogens with zero attached hydrogens (tertiary/aromatic N) is 2. The summed E-state index contributed by atoms with van der Waals surface area (Å²) in [5.74, 6) is -2.73. The van der Waals surface area contributed by atoms with Crippen molar-refractivity contribution in [3.63, 3.8) is 0 Å². The zero-order chi connectivity index (χ0) is 21.0. The minimum atomic E-state index is -4.71. The second-order valence-corrected chi connectivity index (χ2v) is 7.07. The summed E-state index contributed by atoms with van der Waals surface area (Å²) < 4.78 is 39.1. The number of halogens is 4. The fourth-order valence-electron chi connectivity index (χ4n) is 2.25. The Morgan fingerprint density at radius 1 is 1.00 bits per heavy atom. The molecule has 150 valence electrons. The van der Waals surface area contributed by atoms with E-state index in [4.69, 9.17) is 11.6 Å². The summed E-state index contributed by atoms with van der Waals surface area (Å²) in [6.07, 6.45) is -4.71. The first kappa shape index (κ1) is 20.9. The number of para-hydroxylation sites is 1. The Bertz CT molecular complexity index is 1060. The predicted molar refractivity (Wildman–Crippen MR) is 102 cm³/mol. The van der Waals surface area contributed by atoms with Crippen molar-refractivity contribution < 1.29 is 22.8 Å². The lowest BCUT2D eigenvalue weighted by atomic mass is 10.2. The molecule has 2 amide bonds. The summed E-state index contributed by atoms with van der Waals surface area (Å²) in [5, 5.41) is 0.864. The summed E-state index contributed by atoms with van der Waals surface area (Å²) in [6.45, 7) is 0. The Morgan fingerprint density at radius 2 is 1.69 bits per heavy atom. The predicted octanol–water partition coefficient (Wildman–Crippen LogP) is 3.86. The van der Waals surface area contributed by atoms with E-state index in [2.05, 4.69) is 20.8 Å². The summed E-state index contributed by atoms with van der Waals surface area (Å²) in [7, 11) is 0.